The molecule has 0 saturated heterocycles. The lowest BCUT2D eigenvalue weighted by Gasteiger charge is -2.32. The van der Waals surface area contributed by atoms with Gasteiger partial charge in [0, 0.05) is 30.5 Å². The number of nitrogens with one attached hydrogen (secondary N) is 2. The van der Waals surface area contributed by atoms with Gasteiger partial charge in [-0.05, 0) is 81.9 Å². The van der Waals surface area contributed by atoms with Crippen LogP contribution in [0.5, 0.6) is 5.75 Å². The molecule has 2 N–H and O–H groups in total. The SMILES string of the molecule is COc1cc(NS(=O)(=O)c2ccccc2Cl)c(F)cc1CCc1cnc(NC2CCC(N(C)C)CC2)nc1. The summed E-state index contributed by atoms with van der Waals surface area (Å²) in [4.78, 5) is 11.1. The van der Waals surface area contributed by atoms with Crippen molar-refractivity contribution >= 4 is 33.3 Å². The minimum absolute atomic E-state index is 0.0455. The van der Waals surface area contributed by atoms with Crippen LogP contribution in [-0.2, 0) is 22.9 Å². The average Bonchev–Trinajstić information content (AvgIpc) is 2.90. The van der Waals surface area contributed by atoms with Gasteiger partial charge in [0.25, 0.3) is 10.0 Å². The summed E-state index contributed by atoms with van der Waals surface area (Å²) in [6.07, 6.45) is 9.05. The second-order valence-corrected chi connectivity index (χ2v) is 11.8. The summed E-state index contributed by atoms with van der Waals surface area (Å²) in [7, 11) is 1.63. The first-order valence-corrected chi connectivity index (χ1v) is 14.4. The quantitative estimate of drug-likeness (QED) is 0.353. The Balaban J connectivity index is 1.38. The second-order valence-electron chi connectivity index (χ2n) is 9.71. The molecule has 0 aliphatic heterocycles. The number of aryl methyl sites for hydroxylation is 2. The van der Waals surface area contributed by atoms with Gasteiger partial charge in [-0.1, -0.05) is 23.7 Å². The highest BCUT2D eigenvalue weighted by Gasteiger charge is 2.23. The molecule has 0 bridgehead atoms. The van der Waals surface area contributed by atoms with E-state index in [1.165, 1.54) is 31.4 Å². The molecule has 1 saturated carbocycles. The predicted molar refractivity (Wildman–Crippen MR) is 148 cm³/mol. The van der Waals surface area contributed by atoms with Crippen molar-refractivity contribution in [1.29, 1.82) is 0 Å². The third-order valence-electron chi connectivity index (χ3n) is 6.89. The average molecular weight is 562 g/mol. The van der Waals surface area contributed by atoms with Crippen LogP contribution in [0.25, 0.3) is 0 Å². The summed E-state index contributed by atoms with van der Waals surface area (Å²) in [5.41, 5.74) is 1.28. The highest BCUT2D eigenvalue weighted by atomic mass is 35.5. The molecule has 0 spiro atoms. The number of sulfonamides is 1. The van der Waals surface area contributed by atoms with Crippen LogP contribution < -0.4 is 14.8 Å². The lowest BCUT2D eigenvalue weighted by Crippen LogP contribution is -2.36. The Bertz CT molecular complexity index is 1350. The molecule has 0 unspecified atom stereocenters. The summed E-state index contributed by atoms with van der Waals surface area (Å²) in [5, 5.41) is 3.48. The Hall–Kier alpha value is -2.95. The molecule has 1 fully saturated rings. The maximum absolute atomic E-state index is 14.9. The van der Waals surface area contributed by atoms with Crippen molar-refractivity contribution in [3.8, 4) is 5.75 Å². The Morgan fingerprint density at radius 1 is 1.08 bits per heavy atom. The van der Waals surface area contributed by atoms with Gasteiger partial charge in [0.05, 0.1) is 17.8 Å². The topological polar surface area (TPSA) is 96.4 Å². The molecule has 1 aliphatic rings. The Kier molecular flexibility index (Phi) is 9.07. The smallest absolute Gasteiger partial charge is 0.263 e. The van der Waals surface area contributed by atoms with Gasteiger partial charge in [0.1, 0.15) is 16.5 Å². The molecule has 1 aliphatic carbocycles. The molecule has 8 nitrogen and oxygen atoms in total. The Morgan fingerprint density at radius 3 is 2.39 bits per heavy atom. The first kappa shape index (κ1) is 28.1. The van der Waals surface area contributed by atoms with Gasteiger partial charge in [-0.3, -0.25) is 4.72 Å². The van der Waals surface area contributed by atoms with Crippen LogP contribution in [0.3, 0.4) is 0 Å². The van der Waals surface area contributed by atoms with Crippen molar-refractivity contribution in [2.45, 2.75) is 55.5 Å². The Morgan fingerprint density at radius 2 is 1.76 bits per heavy atom. The number of hydrogen-bond donors (Lipinski definition) is 2. The van der Waals surface area contributed by atoms with Crippen LogP contribution in [0.1, 0.15) is 36.8 Å². The number of halogens is 2. The van der Waals surface area contributed by atoms with Crippen molar-refractivity contribution in [3.05, 3.63) is 70.8 Å². The highest BCUT2D eigenvalue weighted by Crippen LogP contribution is 2.31. The molecule has 4 rings (SSSR count). The van der Waals surface area contributed by atoms with Crippen molar-refractivity contribution in [2.75, 3.05) is 31.2 Å². The van der Waals surface area contributed by atoms with Crippen molar-refractivity contribution < 1.29 is 17.5 Å². The van der Waals surface area contributed by atoms with Gasteiger partial charge < -0.3 is 15.0 Å². The molecular formula is C27H33ClFN5O3S. The van der Waals surface area contributed by atoms with E-state index < -0.39 is 15.8 Å². The van der Waals surface area contributed by atoms with Gasteiger partial charge in [0.2, 0.25) is 5.95 Å². The second kappa shape index (κ2) is 12.3. The minimum Gasteiger partial charge on any atom is -0.496 e. The summed E-state index contributed by atoms with van der Waals surface area (Å²) in [6, 6.07) is 9.60. The zero-order valence-electron chi connectivity index (χ0n) is 21.7. The molecule has 0 atom stereocenters. The van der Waals surface area contributed by atoms with E-state index in [1.54, 1.807) is 24.5 Å². The van der Waals surface area contributed by atoms with E-state index in [-0.39, 0.29) is 15.6 Å². The number of ether oxygens (including phenoxy) is 1. The van der Waals surface area contributed by atoms with Crippen LogP contribution in [-0.4, -0.2) is 56.6 Å². The number of benzene rings is 2. The first-order valence-electron chi connectivity index (χ1n) is 12.5. The molecule has 2 aromatic carbocycles. The van der Waals surface area contributed by atoms with E-state index in [9.17, 15) is 12.8 Å². The maximum Gasteiger partial charge on any atom is 0.263 e. The predicted octanol–water partition coefficient (Wildman–Crippen LogP) is 5.15. The van der Waals surface area contributed by atoms with Gasteiger partial charge in [0.15, 0.2) is 0 Å². The van der Waals surface area contributed by atoms with E-state index in [2.05, 4.69) is 39.0 Å². The van der Waals surface area contributed by atoms with E-state index >= 15 is 0 Å². The normalized spacial score (nSPS) is 17.8. The third kappa shape index (κ3) is 6.92. The maximum atomic E-state index is 14.9. The van der Waals surface area contributed by atoms with Crippen molar-refractivity contribution in [3.63, 3.8) is 0 Å². The summed E-state index contributed by atoms with van der Waals surface area (Å²) >= 11 is 6.02. The van der Waals surface area contributed by atoms with Crippen molar-refractivity contribution in [2.24, 2.45) is 0 Å². The fraction of sp³-hybridized carbons (Fsp3) is 0.407. The first-order chi connectivity index (χ1) is 18.2. The number of anilines is 2. The molecule has 204 valence electrons. The minimum atomic E-state index is -4.08. The zero-order valence-corrected chi connectivity index (χ0v) is 23.3. The molecule has 1 aromatic heterocycles. The standard InChI is InChI=1S/C27H33ClFN5O3S/c1-34(2)21-12-10-20(11-13-21)32-27-30-16-18(17-31-27)8-9-19-14-23(29)24(15-25(19)37-3)33-38(35,36)26-7-5-4-6-22(26)28/h4-7,14-17,20-21,33H,8-13H2,1-3H3,(H,30,31,32). The van der Waals surface area contributed by atoms with Crippen molar-refractivity contribution in [1.82, 2.24) is 14.9 Å². The highest BCUT2D eigenvalue weighted by molar-refractivity contribution is 7.92. The molecule has 0 radical (unpaired) electrons. The molecule has 11 heteroatoms. The lowest BCUT2D eigenvalue weighted by atomic mass is 9.91. The molecule has 3 aromatic rings. The number of rotatable bonds is 10. The molecule has 0 amide bonds. The fourth-order valence-corrected chi connectivity index (χ4v) is 6.26. The molecule has 38 heavy (non-hydrogen) atoms. The Labute approximate surface area is 228 Å². The fourth-order valence-electron chi connectivity index (χ4n) is 4.68. The van der Waals surface area contributed by atoms with Gasteiger partial charge in [-0.15, -0.1) is 0 Å². The van der Waals surface area contributed by atoms with Gasteiger partial charge in [-0.2, -0.15) is 0 Å². The number of aromatic nitrogens is 2. The molecular weight excluding hydrogens is 529 g/mol. The monoisotopic (exact) mass is 561 g/mol. The zero-order chi connectivity index (χ0) is 27.3. The molecule has 1 heterocycles. The number of hydrogen-bond acceptors (Lipinski definition) is 7. The lowest BCUT2D eigenvalue weighted by molar-refractivity contribution is 0.221. The summed E-state index contributed by atoms with van der Waals surface area (Å²) < 4.78 is 48.1. The van der Waals surface area contributed by atoms with Crippen LogP contribution in [0.2, 0.25) is 5.02 Å². The van der Waals surface area contributed by atoms with E-state index in [0.717, 1.165) is 31.2 Å². The number of nitrogens with zero attached hydrogens (tertiary/aromatic N) is 3. The van der Waals surface area contributed by atoms with Gasteiger partial charge >= 0.3 is 0 Å². The van der Waals surface area contributed by atoms with Crippen LogP contribution in [0.15, 0.2) is 53.7 Å². The summed E-state index contributed by atoms with van der Waals surface area (Å²) in [5.74, 6) is 0.271. The van der Waals surface area contributed by atoms with E-state index in [4.69, 9.17) is 16.3 Å². The largest absolute Gasteiger partial charge is 0.496 e. The third-order valence-corrected chi connectivity index (χ3v) is 8.75. The van der Waals surface area contributed by atoms with Crippen LogP contribution in [0, 0.1) is 5.82 Å². The van der Waals surface area contributed by atoms with E-state index in [1.807, 2.05) is 0 Å². The van der Waals surface area contributed by atoms with Crippen LogP contribution in [0.4, 0.5) is 16.0 Å². The van der Waals surface area contributed by atoms with Crippen LogP contribution >= 0.6 is 11.6 Å². The number of methoxy groups -OCH3 is 1. The van der Waals surface area contributed by atoms with E-state index in [0.29, 0.717) is 42.2 Å². The summed E-state index contributed by atoms with van der Waals surface area (Å²) in [6.45, 7) is 0. The van der Waals surface area contributed by atoms with Gasteiger partial charge in [-0.25, -0.2) is 22.8 Å².